The second kappa shape index (κ2) is 9.28. The zero-order valence-corrected chi connectivity index (χ0v) is 18.9. The fourth-order valence-corrected chi connectivity index (χ4v) is 5.51. The number of fused-ring (bicyclic) bond motifs is 1. The highest BCUT2D eigenvalue weighted by Gasteiger charge is 2.50. The van der Waals surface area contributed by atoms with Crippen LogP contribution >= 0.6 is 11.8 Å². The van der Waals surface area contributed by atoms with Gasteiger partial charge >= 0.3 is 5.97 Å². The van der Waals surface area contributed by atoms with Crippen molar-refractivity contribution in [3.05, 3.63) is 59.8 Å². The van der Waals surface area contributed by atoms with E-state index in [1.165, 1.54) is 18.3 Å². The highest BCUT2D eigenvalue weighted by atomic mass is 32.2. The summed E-state index contributed by atoms with van der Waals surface area (Å²) in [5.74, 6) is -0.546. The molecule has 1 fully saturated rings. The van der Waals surface area contributed by atoms with Gasteiger partial charge in [-0.25, -0.2) is 14.4 Å². The third kappa shape index (κ3) is 4.48. The standard InChI is InChI=1S/C23H26FN5O2S/c1-3-31-21(30)23-11-15(13-25)20(27-18-7-5-17(24)6-8-18)10-16(23)4-9-19(12-23)32-22-26-14-29(2)28-22/h5-8,10,13-14,19H,3-4,9,11-12,25H2,1-2H3/t19-,23-/m0/s1. The van der Waals surface area contributed by atoms with Gasteiger partial charge in [-0.05, 0) is 74.7 Å². The first-order valence-corrected chi connectivity index (χ1v) is 11.5. The lowest BCUT2D eigenvalue weighted by Crippen LogP contribution is -2.44. The van der Waals surface area contributed by atoms with Crippen molar-refractivity contribution in [2.24, 2.45) is 23.2 Å². The molecule has 32 heavy (non-hydrogen) atoms. The van der Waals surface area contributed by atoms with Crippen LogP contribution in [0.15, 0.2) is 64.2 Å². The molecule has 0 unspecified atom stereocenters. The first-order chi connectivity index (χ1) is 15.4. The van der Waals surface area contributed by atoms with Gasteiger partial charge in [0.1, 0.15) is 12.1 Å². The van der Waals surface area contributed by atoms with Crippen LogP contribution < -0.4 is 5.73 Å². The summed E-state index contributed by atoms with van der Waals surface area (Å²) in [6, 6.07) is 5.99. The molecule has 0 saturated heterocycles. The van der Waals surface area contributed by atoms with Crippen molar-refractivity contribution in [2.75, 3.05) is 6.61 Å². The van der Waals surface area contributed by atoms with E-state index < -0.39 is 5.41 Å². The van der Waals surface area contributed by atoms with E-state index in [4.69, 9.17) is 10.5 Å². The molecule has 1 aromatic heterocycles. The number of esters is 1. The van der Waals surface area contributed by atoms with Gasteiger partial charge < -0.3 is 10.5 Å². The molecule has 2 atom stereocenters. The number of rotatable bonds is 5. The molecule has 9 heteroatoms. The van der Waals surface area contributed by atoms with E-state index in [0.717, 1.165) is 24.0 Å². The number of halogens is 1. The molecular weight excluding hydrogens is 429 g/mol. The van der Waals surface area contributed by atoms with E-state index in [2.05, 4.69) is 15.1 Å². The molecule has 0 amide bonds. The van der Waals surface area contributed by atoms with Gasteiger partial charge in [-0.2, -0.15) is 0 Å². The number of allylic oxidation sites excluding steroid dienone is 2. The van der Waals surface area contributed by atoms with Gasteiger partial charge in [0.15, 0.2) is 0 Å². The molecule has 7 nitrogen and oxygen atoms in total. The lowest BCUT2D eigenvalue weighted by Gasteiger charge is -2.43. The van der Waals surface area contributed by atoms with E-state index in [9.17, 15) is 9.18 Å². The van der Waals surface area contributed by atoms with Gasteiger partial charge in [0.25, 0.3) is 0 Å². The van der Waals surface area contributed by atoms with Crippen molar-refractivity contribution in [3.8, 4) is 0 Å². The minimum atomic E-state index is -0.784. The first kappa shape index (κ1) is 22.3. The van der Waals surface area contributed by atoms with E-state index >= 15 is 0 Å². The molecule has 4 rings (SSSR count). The summed E-state index contributed by atoms with van der Waals surface area (Å²) >= 11 is 1.59. The third-order valence-electron chi connectivity index (χ3n) is 5.85. The average Bonchev–Trinajstić information content (AvgIpc) is 3.19. The maximum Gasteiger partial charge on any atom is 0.316 e. The van der Waals surface area contributed by atoms with E-state index in [0.29, 0.717) is 36.0 Å². The van der Waals surface area contributed by atoms with E-state index in [1.54, 1.807) is 34.9 Å². The summed E-state index contributed by atoms with van der Waals surface area (Å²) < 4.78 is 20.5. The topological polar surface area (TPSA) is 95.4 Å². The second-order valence-electron chi connectivity index (χ2n) is 8.00. The highest BCUT2D eigenvalue weighted by Crippen LogP contribution is 2.52. The first-order valence-electron chi connectivity index (χ1n) is 10.6. The van der Waals surface area contributed by atoms with Crippen LogP contribution in [0.25, 0.3) is 0 Å². The number of aliphatic imine (C=N–C) groups is 1. The fourth-order valence-electron chi connectivity index (χ4n) is 4.33. The van der Waals surface area contributed by atoms with Crippen LogP contribution in [0, 0.1) is 11.2 Å². The van der Waals surface area contributed by atoms with Crippen molar-refractivity contribution >= 4 is 29.1 Å². The molecule has 1 heterocycles. The summed E-state index contributed by atoms with van der Waals surface area (Å²) in [4.78, 5) is 22.3. The Kier molecular flexibility index (Phi) is 6.45. The number of ether oxygens (including phenoxy) is 1. The van der Waals surface area contributed by atoms with Crippen LogP contribution in [0.1, 0.15) is 32.6 Å². The smallest absolute Gasteiger partial charge is 0.316 e. The Morgan fingerprint density at radius 2 is 2.22 bits per heavy atom. The van der Waals surface area contributed by atoms with Crippen LogP contribution in [-0.4, -0.2) is 38.3 Å². The van der Waals surface area contributed by atoms with Crippen molar-refractivity contribution < 1.29 is 13.9 Å². The van der Waals surface area contributed by atoms with Crippen LogP contribution in [0.4, 0.5) is 10.1 Å². The largest absolute Gasteiger partial charge is 0.465 e. The lowest BCUT2D eigenvalue weighted by molar-refractivity contribution is -0.154. The number of nitrogens with zero attached hydrogens (tertiary/aromatic N) is 4. The maximum absolute atomic E-state index is 13.3. The van der Waals surface area contributed by atoms with Gasteiger partial charge in [0.2, 0.25) is 5.16 Å². The zero-order valence-electron chi connectivity index (χ0n) is 18.1. The van der Waals surface area contributed by atoms with E-state index in [1.807, 2.05) is 20.0 Å². The minimum Gasteiger partial charge on any atom is -0.465 e. The van der Waals surface area contributed by atoms with Crippen LogP contribution in [0.2, 0.25) is 0 Å². The Morgan fingerprint density at radius 3 is 2.88 bits per heavy atom. The molecule has 0 bridgehead atoms. The van der Waals surface area contributed by atoms with Crippen LogP contribution in [0.5, 0.6) is 0 Å². The fraction of sp³-hybridized carbons (Fsp3) is 0.391. The number of carbonyl (C=O) groups is 1. The molecular formula is C23H26FN5O2S. The Labute approximate surface area is 190 Å². The normalized spacial score (nSPS) is 25.5. The number of benzene rings is 1. The SMILES string of the molecule is CCOC(=O)[C@]12CC(=CN)C(=Nc3ccc(F)cc3)C=C1CC[C@H](Sc1ncn(C)n1)C2. The van der Waals surface area contributed by atoms with Crippen molar-refractivity contribution in [3.63, 3.8) is 0 Å². The molecule has 1 saturated carbocycles. The lowest BCUT2D eigenvalue weighted by atomic mass is 9.63. The third-order valence-corrected chi connectivity index (χ3v) is 6.99. The number of hydrogen-bond acceptors (Lipinski definition) is 7. The number of hydrogen-bond donors (Lipinski definition) is 1. The summed E-state index contributed by atoms with van der Waals surface area (Å²) in [6.07, 6.45) is 7.80. The Balaban J connectivity index is 1.69. The Bertz CT molecular complexity index is 1090. The molecule has 2 aromatic rings. The van der Waals surface area contributed by atoms with Crippen LogP contribution in [0.3, 0.4) is 0 Å². The zero-order chi connectivity index (χ0) is 22.7. The summed E-state index contributed by atoms with van der Waals surface area (Å²) in [5, 5.41) is 5.25. The van der Waals surface area contributed by atoms with Gasteiger partial charge in [-0.3, -0.25) is 9.48 Å². The summed E-state index contributed by atoms with van der Waals surface area (Å²) in [5.41, 5.74) is 8.30. The molecule has 0 radical (unpaired) electrons. The molecule has 2 aliphatic rings. The number of carbonyl (C=O) groups excluding carboxylic acids is 1. The quantitative estimate of drug-likeness (QED) is 0.682. The molecule has 2 N–H and O–H groups in total. The van der Waals surface area contributed by atoms with Crippen LogP contribution in [-0.2, 0) is 16.6 Å². The second-order valence-corrected chi connectivity index (χ2v) is 9.27. The van der Waals surface area contributed by atoms with Crippen molar-refractivity contribution in [1.29, 1.82) is 0 Å². The number of aromatic nitrogens is 3. The predicted octanol–water partition coefficient (Wildman–Crippen LogP) is 4.09. The van der Waals surface area contributed by atoms with Gasteiger partial charge in [-0.15, -0.1) is 5.10 Å². The molecule has 2 aliphatic carbocycles. The summed E-state index contributed by atoms with van der Waals surface area (Å²) in [6.45, 7) is 2.13. The number of nitrogens with two attached hydrogens (primary N) is 1. The van der Waals surface area contributed by atoms with Gasteiger partial charge in [0, 0.05) is 12.3 Å². The Hall–Kier alpha value is -2.94. The summed E-state index contributed by atoms with van der Waals surface area (Å²) in [7, 11) is 1.83. The molecule has 0 spiro atoms. The van der Waals surface area contributed by atoms with Gasteiger partial charge in [-0.1, -0.05) is 17.3 Å². The van der Waals surface area contributed by atoms with E-state index in [-0.39, 0.29) is 17.0 Å². The maximum atomic E-state index is 13.3. The average molecular weight is 456 g/mol. The predicted molar refractivity (Wildman–Crippen MR) is 122 cm³/mol. The Morgan fingerprint density at radius 1 is 1.44 bits per heavy atom. The molecule has 1 aromatic carbocycles. The highest BCUT2D eigenvalue weighted by molar-refractivity contribution is 7.99. The van der Waals surface area contributed by atoms with Gasteiger partial charge in [0.05, 0.1) is 23.4 Å². The molecule has 0 aliphatic heterocycles. The minimum absolute atomic E-state index is 0.175. The number of aryl methyl sites for hydroxylation is 1. The number of thioether (sulfide) groups is 1. The van der Waals surface area contributed by atoms with Crippen molar-refractivity contribution in [2.45, 2.75) is 43.0 Å². The van der Waals surface area contributed by atoms with Crippen molar-refractivity contribution in [1.82, 2.24) is 14.8 Å². The molecule has 168 valence electrons. The monoisotopic (exact) mass is 455 g/mol.